The molecule has 2 fully saturated rings. The number of ether oxygens (including phenoxy) is 2. The van der Waals surface area contributed by atoms with E-state index in [1.54, 1.807) is 0 Å². The minimum absolute atomic E-state index is 0.113. The first-order chi connectivity index (χ1) is 16.5. The number of piperidine rings is 1. The van der Waals surface area contributed by atoms with Gasteiger partial charge in [-0.1, -0.05) is 24.3 Å². The lowest BCUT2D eigenvalue weighted by atomic mass is 9.93. The van der Waals surface area contributed by atoms with Gasteiger partial charge in [0.05, 0.1) is 13.2 Å². The Labute approximate surface area is 203 Å². The van der Waals surface area contributed by atoms with Crippen molar-refractivity contribution in [2.45, 2.75) is 43.8 Å². The Morgan fingerprint density at radius 1 is 1.09 bits per heavy atom. The number of hydrogen-bond acceptors (Lipinski definition) is 7. The van der Waals surface area contributed by atoms with Crippen LogP contribution in [0.15, 0.2) is 47.4 Å². The lowest BCUT2D eigenvalue weighted by Gasteiger charge is -2.29. The van der Waals surface area contributed by atoms with E-state index >= 15 is 0 Å². The van der Waals surface area contributed by atoms with Crippen LogP contribution in [0.3, 0.4) is 0 Å². The Morgan fingerprint density at radius 2 is 1.82 bits per heavy atom. The molecule has 0 radical (unpaired) electrons. The highest BCUT2D eigenvalue weighted by atomic mass is 35.5. The van der Waals surface area contributed by atoms with Crippen molar-refractivity contribution in [3.05, 3.63) is 58.5 Å². The van der Waals surface area contributed by atoms with Crippen LogP contribution in [-0.4, -0.2) is 71.7 Å². The molecular formula is C25H28ClN3O5. The molecule has 1 N–H and O–H groups in total. The number of Topliss-reactive ketones (excluding diaryl/α,β-unsaturated/α-hetero) is 1. The topological polar surface area (TPSA) is 88.2 Å². The third-order valence-corrected chi connectivity index (χ3v) is 7.20. The summed E-state index contributed by atoms with van der Waals surface area (Å²) < 4.78 is 11.5. The maximum absolute atomic E-state index is 12.5. The number of nitrogens with zero attached hydrogens (tertiary/aromatic N) is 2. The van der Waals surface area contributed by atoms with E-state index < -0.39 is 11.4 Å². The molecule has 2 unspecified atom stereocenters. The molecule has 3 heterocycles. The van der Waals surface area contributed by atoms with Crippen LogP contribution >= 0.6 is 11.6 Å². The summed E-state index contributed by atoms with van der Waals surface area (Å²) in [4.78, 5) is 40.6. The fourth-order valence-corrected chi connectivity index (χ4v) is 5.12. The van der Waals surface area contributed by atoms with Gasteiger partial charge in [-0.15, -0.1) is 11.6 Å². The van der Waals surface area contributed by atoms with Crippen molar-refractivity contribution in [3.8, 4) is 0 Å². The minimum atomic E-state index is -0.838. The third-order valence-electron chi connectivity index (χ3n) is 6.76. The largest absolute Gasteiger partial charge is 0.491 e. The quantitative estimate of drug-likeness (QED) is 0.486. The molecule has 0 aromatic heterocycles. The van der Waals surface area contributed by atoms with Gasteiger partial charge < -0.3 is 14.4 Å². The predicted octanol–water partition coefficient (Wildman–Crippen LogP) is 1.87. The minimum Gasteiger partial charge on any atom is -0.491 e. The zero-order chi connectivity index (χ0) is 23.7. The summed E-state index contributed by atoms with van der Waals surface area (Å²) in [6, 6.07) is 7.84. The summed E-state index contributed by atoms with van der Waals surface area (Å²) in [5.74, 6) is -0.199. The average molecular weight is 486 g/mol. The molecule has 1 aromatic carbocycles. The van der Waals surface area contributed by atoms with Gasteiger partial charge >= 0.3 is 0 Å². The number of allylic oxidation sites excluding steroid dienone is 1. The Balaban J connectivity index is 1.26. The van der Waals surface area contributed by atoms with Gasteiger partial charge in [-0.3, -0.25) is 24.6 Å². The number of benzene rings is 1. The first-order valence-electron chi connectivity index (χ1n) is 11.7. The Bertz CT molecular complexity index is 1050. The number of ketones is 1. The van der Waals surface area contributed by atoms with Gasteiger partial charge in [0.25, 0.3) is 0 Å². The molecule has 2 saturated heterocycles. The Kier molecular flexibility index (Phi) is 6.72. The number of fused-ring (bicyclic) bond motifs is 1. The van der Waals surface area contributed by atoms with Gasteiger partial charge in [-0.2, -0.15) is 0 Å². The number of nitrogens with one attached hydrogen (secondary N) is 1. The zero-order valence-corrected chi connectivity index (χ0v) is 19.7. The molecule has 180 valence electrons. The van der Waals surface area contributed by atoms with E-state index in [0.717, 1.165) is 49.6 Å². The van der Waals surface area contributed by atoms with E-state index in [9.17, 15) is 14.4 Å². The molecular weight excluding hydrogens is 458 g/mol. The molecule has 0 spiro atoms. The van der Waals surface area contributed by atoms with Crippen molar-refractivity contribution in [1.29, 1.82) is 0 Å². The van der Waals surface area contributed by atoms with Crippen LogP contribution in [0.25, 0.3) is 0 Å². The molecule has 34 heavy (non-hydrogen) atoms. The van der Waals surface area contributed by atoms with Crippen molar-refractivity contribution >= 4 is 29.2 Å². The van der Waals surface area contributed by atoms with Gasteiger partial charge in [-0.05, 0) is 23.1 Å². The summed E-state index contributed by atoms with van der Waals surface area (Å²) in [5.41, 5.74) is 3.93. The molecule has 5 rings (SSSR count). The van der Waals surface area contributed by atoms with Crippen LogP contribution in [0.2, 0.25) is 0 Å². The number of rotatable bonds is 6. The van der Waals surface area contributed by atoms with Crippen molar-refractivity contribution < 1.29 is 23.9 Å². The van der Waals surface area contributed by atoms with E-state index in [-0.39, 0.29) is 24.0 Å². The first-order valence-corrected chi connectivity index (χ1v) is 12.1. The second kappa shape index (κ2) is 9.90. The van der Waals surface area contributed by atoms with Crippen molar-refractivity contribution in [2.24, 2.45) is 0 Å². The highest BCUT2D eigenvalue weighted by Gasteiger charge is 2.40. The second-order valence-electron chi connectivity index (χ2n) is 9.14. The number of amides is 2. The van der Waals surface area contributed by atoms with Gasteiger partial charge in [0.2, 0.25) is 11.8 Å². The van der Waals surface area contributed by atoms with Gasteiger partial charge in [0, 0.05) is 50.8 Å². The third kappa shape index (κ3) is 4.89. The van der Waals surface area contributed by atoms with Crippen LogP contribution in [0.4, 0.5) is 0 Å². The molecule has 2 amide bonds. The smallest absolute Gasteiger partial charge is 0.249 e. The molecule has 2 atom stereocenters. The fourth-order valence-electron chi connectivity index (χ4n) is 4.85. The monoisotopic (exact) mass is 485 g/mol. The van der Waals surface area contributed by atoms with E-state index in [1.165, 1.54) is 5.56 Å². The lowest BCUT2D eigenvalue weighted by molar-refractivity contribution is -0.136. The number of carbonyl (C=O) groups excluding carboxylic acids is 3. The molecule has 3 aliphatic heterocycles. The molecule has 8 nitrogen and oxygen atoms in total. The maximum atomic E-state index is 12.5. The summed E-state index contributed by atoms with van der Waals surface area (Å²) in [7, 11) is 0. The molecule has 0 saturated carbocycles. The van der Waals surface area contributed by atoms with E-state index in [4.69, 9.17) is 21.1 Å². The van der Waals surface area contributed by atoms with E-state index in [0.29, 0.717) is 31.8 Å². The summed E-state index contributed by atoms with van der Waals surface area (Å²) >= 11 is 6.46. The number of halogens is 1. The van der Waals surface area contributed by atoms with Crippen LogP contribution in [0, 0.1) is 0 Å². The second-order valence-corrected chi connectivity index (χ2v) is 9.57. The average Bonchev–Trinajstić information content (AvgIpc) is 3.24. The Morgan fingerprint density at radius 3 is 2.56 bits per heavy atom. The maximum Gasteiger partial charge on any atom is 0.249 e. The van der Waals surface area contributed by atoms with Crippen LogP contribution < -0.4 is 5.32 Å². The number of alkyl halides is 1. The number of morpholine rings is 1. The molecule has 9 heteroatoms. The van der Waals surface area contributed by atoms with E-state index in [1.807, 2.05) is 23.2 Å². The molecule has 0 bridgehead atoms. The highest BCUT2D eigenvalue weighted by Crippen LogP contribution is 2.37. The molecule has 4 aliphatic rings. The molecule has 1 aliphatic carbocycles. The van der Waals surface area contributed by atoms with Crippen LogP contribution in [-0.2, 0) is 37.0 Å². The Hall–Kier alpha value is -2.68. The van der Waals surface area contributed by atoms with Gasteiger partial charge in [0.15, 0.2) is 5.78 Å². The predicted molar refractivity (Wildman–Crippen MR) is 125 cm³/mol. The van der Waals surface area contributed by atoms with Crippen LogP contribution in [0.5, 0.6) is 0 Å². The lowest BCUT2D eigenvalue weighted by Crippen LogP contribution is -2.50. The SMILES string of the molecule is O=C1CCC(N2C=C3CC(=O)C(Cl)C(OCc4ccc(CN5CCOCC5)cc4)=C3C2)C(=O)N1. The first kappa shape index (κ1) is 23.1. The van der Waals surface area contributed by atoms with Crippen LogP contribution in [0.1, 0.15) is 30.4 Å². The number of imide groups is 1. The standard InChI is InChI=1S/C25H28ClN3O5/c26-23-21(30)11-18-13-29(20-5-6-22(31)27-25(20)32)14-19(18)24(23)34-15-17-3-1-16(2-4-17)12-28-7-9-33-10-8-28/h1-4,13,20,23H,5-12,14-15H2,(H,27,31,32). The zero-order valence-electron chi connectivity index (χ0n) is 18.9. The van der Waals surface area contributed by atoms with E-state index in [2.05, 4.69) is 22.3 Å². The van der Waals surface area contributed by atoms with Gasteiger partial charge in [-0.25, -0.2) is 0 Å². The summed E-state index contributed by atoms with van der Waals surface area (Å²) in [6.07, 6.45) is 2.82. The van der Waals surface area contributed by atoms with Crippen molar-refractivity contribution in [2.75, 3.05) is 32.8 Å². The number of hydrogen-bond donors (Lipinski definition) is 1. The molecule has 1 aromatic rings. The number of carbonyl (C=O) groups is 3. The van der Waals surface area contributed by atoms with Gasteiger partial charge in [0.1, 0.15) is 23.8 Å². The summed E-state index contributed by atoms with van der Waals surface area (Å²) in [5, 5.41) is 1.56. The normalized spacial score (nSPS) is 25.9. The summed E-state index contributed by atoms with van der Waals surface area (Å²) in [6.45, 7) is 5.07. The van der Waals surface area contributed by atoms with Crippen molar-refractivity contribution in [1.82, 2.24) is 15.1 Å². The van der Waals surface area contributed by atoms with Crippen molar-refractivity contribution in [3.63, 3.8) is 0 Å². The fraction of sp³-hybridized carbons (Fsp3) is 0.480. The highest BCUT2D eigenvalue weighted by molar-refractivity contribution is 6.33.